The molecule has 2 heteroatoms. The predicted octanol–water partition coefficient (Wildman–Crippen LogP) is 5.08. The molecule has 0 N–H and O–H groups in total. The van der Waals surface area contributed by atoms with E-state index in [1.807, 2.05) is 36.4 Å². The maximum absolute atomic E-state index is 6.15. The minimum atomic E-state index is -0.0419. The van der Waals surface area contributed by atoms with Crippen LogP contribution in [0.4, 0.5) is 0 Å². The summed E-state index contributed by atoms with van der Waals surface area (Å²) in [6.45, 7) is 0. The van der Waals surface area contributed by atoms with E-state index in [-0.39, 0.29) is 6.10 Å². The zero-order valence-electron chi connectivity index (χ0n) is 11.2. The number of benzene rings is 2. The van der Waals surface area contributed by atoms with Crippen LogP contribution >= 0.6 is 0 Å². The highest BCUT2D eigenvalue weighted by molar-refractivity contribution is 6.02. The normalized spacial score (nSPS) is 18.5. The van der Waals surface area contributed by atoms with E-state index in [4.69, 9.17) is 9.15 Å². The lowest BCUT2D eigenvalue weighted by Gasteiger charge is -2.28. The molecule has 1 aromatic heterocycles. The van der Waals surface area contributed by atoms with Crippen molar-refractivity contribution >= 4 is 16.5 Å². The smallest absolute Gasteiger partial charge is 0.149 e. The molecule has 2 nitrogen and oxygen atoms in total. The number of hydrogen-bond donors (Lipinski definition) is 0. The van der Waals surface area contributed by atoms with Gasteiger partial charge in [0, 0.05) is 27.6 Å². The highest BCUT2D eigenvalue weighted by atomic mass is 16.5. The summed E-state index contributed by atoms with van der Waals surface area (Å²) in [6.07, 6.45) is 5.80. The maximum atomic E-state index is 6.15. The second-order valence-electron chi connectivity index (χ2n) is 5.36. The summed E-state index contributed by atoms with van der Waals surface area (Å²) in [5, 5.41) is 1.15. The molecule has 1 unspecified atom stereocenters. The molecule has 5 rings (SSSR count). The van der Waals surface area contributed by atoms with Crippen LogP contribution in [0, 0.1) is 0 Å². The second-order valence-corrected chi connectivity index (χ2v) is 5.36. The van der Waals surface area contributed by atoms with Crippen LogP contribution in [0.15, 0.2) is 71.4 Å². The van der Waals surface area contributed by atoms with E-state index in [0.717, 1.165) is 22.3 Å². The fourth-order valence-electron chi connectivity index (χ4n) is 3.34. The molecule has 0 bridgehead atoms. The van der Waals surface area contributed by atoms with Crippen molar-refractivity contribution in [3.63, 3.8) is 0 Å². The third kappa shape index (κ3) is 1.37. The Morgan fingerprint density at radius 3 is 2.76 bits per heavy atom. The molecule has 1 atom stereocenters. The molecule has 1 aliphatic heterocycles. The molecule has 2 heterocycles. The Kier molecular flexibility index (Phi) is 2.03. The van der Waals surface area contributed by atoms with Crippen molar-refractivity contribution in [3.8, 4) is 11.3 Å². The van der Waals surface area contributed by atoms with Crippen molar-refractivity contribution in [1.82, 2.24) is 0 Å². The minimum Gasteiger partial charge on any atom is -0.489 e. The van der Waals surface area contributed by atoms with Crippen LogP contribution in [-0.2, 0) is 4.74 Å². The maximum Gasteiger partial charge on any atom is 0.149 e. The summed E-state index contributed by atoms with van der Waals surface area (Å²) in [4.78, 5) is 0. The Bertz CT molecular complexity index is 928. The number of fused-ring (bicyclic) bond motifs is 8. The van der Waals surface area contributed by atoms with Gasteiger partial charge in [0.2, 0.25) is 0 Å². The molecule has 0 saturated carbocycles. The van der Waals surface area contributed by atoms with Crippen LogP contribution in [0.1, 0.15) is 17.2 Å². The summed E-state index contributed by atoms with van der Waals surface area (Å²) in [7, 11) is 0. The Balaban J connectivity index is 1.96. The lowest BCUT2D eigenvalue weighted by molar-refractivity contribution is 0.194. The quantitative estimate of drug-likeness (QED) is 0.569. The number of ether oxygens (including phenoxy) is 1. The molecule has 0 radical (unpaired) electrons. The van der Waals surface area contributed by atoms with Gasteiger partial charge in [0.1, 0.15) is 17.4 Å². The number of furan rings is 1. The molecule has 2 aliphatic rings. The fourth-order valence-corrected chi connectivity index (χ4v) is 3.34. The van der Waals surface area contributed by atoms with Crippen molar-refractivity contribution in [3.05, 3.63) is 78.1 Å². The number of allylic oxidation sites excluding steroid dienone is 2. The highest BCUT2D eigenvalue weighted by Crippen LogP contribution is 2.51. The number of rotatable bonds is 0. The predicted molar refractivity (Wildman–Crippen MR) is 82.6 cm³/mol. The van der Waals surface area contributed by atoms with Crippen molar-refractivity contribution in [2.45, 2.75) is 6.10 Å². The molecular weight excluding hydrogens is 260 g/mol. The van der Waals surface area contributed by atoms with Crippen LogP contribution in [0.25, 0.3) is 27.9 Å². The standard InChI is InChI=1S/C19H12O2/c1-2-7-13-12(6-1)18-15(9-5-11-20-18)17-14-8-3-4-10-16(14)21-19(13)17/h1-11,18H. The summed E-state index contributed by atoms with van der Waals surface area (Å²) >= 11 is 0. The van der Waals surface area contributed by atoms with E-state index in [0.29, 0.717) is 0 Å². The van der Waals surface area contributed by atoms with Gasteiger partial charge < -0.3 is 9.15 Å². The number of para-hydroxylation sites is 1. The van der Waals surface area contributed by atoms with E-state index in [1.54, 1.807) is 6.26 Å². The first-order valence-corrected chi connectivity index (χ1v) is 7.07. The van der Waals surface area contributed by atoms with Gasteiger partial charge >= 0.3 is 0 Å². The summed E-state index contributed by atoms with van der Waals surface area (Å²) in [5.74, 6) is 0.952. The van der Waals surface area contributed by atoms with E-state index in [2.05, 4.69) is 24.3 Å². The van der Waals surface area contributed by atoms with E-state index >= 15 is 0 Å². The summed E-state index contributed by atoms with van der Waals surface area (Å²) in [6, 6.07) is 16.5. The van der Waals surface area contributed by atoms with Crippen LogP contribution in [0.3, 0.4) is 0 Å². The van der Waals surface area contributed by atoms with Crippen molar-refractivity contribution in [2.24, 2.45) is 0 Å². The number of hydrogen-bond acceptors (Lipinski definition) is 2. The second kappa shape index (κ2) is 3.89. The van der Waals surface area contributed by atoms with Gasteiger partial charge in [0.05, 0.1) is 6.26 Å². The van der Waals surface area contributed by atoms with Crippen LogP contribution in [0.5, 0.6) is 0 Å². The highest BCUT2D eigenvalue weighted by Gasteiger charge is 2.34. The fraction of sp³-hybridized carbons (Fsp3) is 0.0526. The Morgan fingerprint density at radius 1 is 0.905 bits per heavy atom. The van der Waals surface area contributed by atoms with Crippen molar-refractivity contribution in [1.29, 1.82) is 0 Å². The zero-order valence-corrected chi connectivity index (χ0v) is 11.2. The average Bonchev–Trinajstić information content (AvgIpc) is 2.95. The van der Waals surface area contributed by atoms with Gasteiger partial charge in [-0.25, -0.2) is 0 Å². The Hall–Kier alpha value is -2.74. The van der Waals surface area contributed by atoms with E-state index < -0.39 is 0 Å². The summed E-state index contributed by atoms with van der Waals surface area (Å²) in [5.41, 5.74) is 5.56. The lowest BCUT2D eigenvalue weighted by atomic mass is 9.82. The van der Waals surface area contributed by atoms with E-state index in [9.17, 15) is 0 Å². The van der Waals surface area contributed by atoms with Crippen LogP contribution in [0.2, 0.25) is 0 Å². The minimum absolute atomic E-state index is 0.0419. The van der Waals surface area contributed by atoms with Gasteiger partial charge in [-0.3, -0.25) is 0 Å². The average molecular weight is 272 g/mol. The lowest BCUT2D eigenvalue weighted by Crippen LogP contribution is -2.12. The Labute approximate surface area is 122 Å². The zero-order chi connectivity index (χ0) is 13.8. The Morgan fingerprint density at radius 2 is 1.76 bits per heavy atom. The van der Waals surface area contributed by atoms with Gasteiger partial charge in [-0.05, 0) is 12.1 Å². The SMILES string of the molecule is C1=COC2C(=C1)c1c(oc3ccccc13)-c1ccccc12. The molecule has 0 fully saturated rings. The summed E-state index contributed by atoms with van der Waals surface area (Å²) < 4.78 is 12.0. The molecule has 2 aromatic carbocycles. The molecule has 1 aliphatic carbocycles. The van der Waals surface area contributed by atoms with Gasteiger partial charge in [-0.1, -0.05) is 48.5 Å². The first-order valence-electron chi connectivity index (χ1n) is 7.07. The molecule has 100 valence electrons. The van der Waals surface area contributed by atoms with Gasteiger partial charge in [0.25, 0.3) is 0 Å². The molecule has 0 amide bonds. The molecule has 0 spiro atoms. The van der Waals surface area contributed by atoms with Crippen LogP contribution < -0.4 is 0 Å². The van der Waals surface area contributed by atoms with Gasteiger partial charge in [0.15, 0.2) is 0 Å². The van der Waals surface area contributed by atoms with Crippen LogP contribution in [-0.4, -0.2) is 0 Å². The van der Waals surface area contributed by atoms with Gasteiger partial charge in [-0.15, -0.1) is 0 Å². The largest absolute Gasteiger partial charge is 0.489 e. The first kappa shape index (κ1) is 11.0. The molecular formula is C19H12O2. The molecule has 21 heavy (non-hydrogen) atoms. The van der Waals surface area contributed by atoms with Gasteiger partial charge in [-0.2, -0.15) is 0 Å². The third-order valence-corrected chi connectivity index (χ3v) is 4.22. The first-order chi connectivity index (χ1) is 10.4. The monoisotopic (exact) mass is 272 g/mol. The van der Waals surface area contributed by atoms with Crippen molar-refractivity contribution < 1.29 is 9.15 Å². The topological polar surface area (TPSA) is 22.4 Å². The van der Waals surface area contributed by atoms with E-state index in [1.165, 1.54) is 16.7 Å². The molecule has 0 saturated heterocycles. The third-order valence-electron chi connectivity index (χ3n) is 4.22. The molecule has 3 aromatic rings. The van der Waals surface area contributed by atoms with Crippen molar-refractivity contribution in [2.75, 3.05) is 0 Å².